The lowest BCUT2D eigenvalue weighted by atomic mass is 9.93. The SMILES string of the molecule is O=C(O)C1(c2c(Cl)ccc3cccnc23)CC1. The molecule has 2 aromatic rings. The van der Waals surface area contributed by atoms with Crippen LogP contribution in [0.3, 0.4) is 0 Å². The Balaban J connectivity index is 2.35. The number of benzene rings is 1. The lowest BCUT2D eigenvalue weighted by molar-refractivity contribution is -0.140. The van der Waals surface area contributed by atoms with E-state index in [1.165, 1.54) is 0 Å². The molecule has 0 amide bonds. The fourth-order valence-electron chi connectivity index (χ4n) is 2.27. The van der Waals surface area contributed by atoms with Gasteiger partial charge >= 0.3 is 5.97 Å². The minimum atomic E-state index is -0.815. The van der Waals surface area contributed by atoms with Crippen molar-refractivity contribution in [1.29, 1.82) is 0 Å². The molecule has 1 aromatic heterocycles. The van der Waals surface area contributed by atoms with Crippen LogP contribution in [0.2, 0.25) is 5.02 Å². The lowest BCUT2D eigenvalue weighted by Gasteiger charge is -2.14. The van der Waals surface area contributed by atoms with E-state index < -0.39 is 11.4 Å². The largest absolute Gasteiger partial charge is 0.481 e. The van der Waals surface area contributed by atoms with Crippen molar-refractivity contribution in [1.82, 2.24) is 4.98 Å². The minimum absolute atomic E-state index is 0.496. The number of carbonyl (C=O) groups is 1. The highest BCUT2D eigenvalue weighted by Gasteiger charge is 2.54. The molecule has 0 atom stereocenters. The number of aromatic nitrogens is 1. The molecule has 1 aliphatic rings. The topological polar surface area (TPSA) is 50.2 Å². The van der Waals surface area contributed by atoms with Crippen LogP contribution in [0.5, 0.6) is 0 Å². The Kier molecular flexibility index (Phi) is 2.13. The summed E-state index contributed by atoms with van der Waals surface area (Å²) in [4.78, 5) is 15.7. The van der Waals surface area contributed by atoms with Gasteiger partial charge in [-0.2, -0.15) is 0 Å². The van der Waals surface area contributed by atoms with Crippen molar-refractivity contribution in [3.05, 3.63) is 41.0 Å². The van der Waals surface area contributed by atoms with E-state index in [2.05, 4.69) is 4.98 Å². The van der Waals surface area contributed by atoms with Gasteiger partial charge in [0.15, 0.2) is 0 Å². The Morgan fingerprint density at radius 1 is 1.35 bits per heavy atom. The van der Waals surface area contributed by atoms with Crippen LogP contribution in [0.4, 0.5) is 0 Å². The minimum Gasteiger partial charge on any atom is -0.481 e. The number of halogens is 1. The Bertz CT molecular complexity index is 620. The van der Waals surface area contributed by atoms with Crippen LogP contribution in [-0.4, -0.2) is 16.1 Å². The summed E-state index contributed by atoms with van der Waals surface area (Å²) in [5, 5.41) is 10.8. The summed E-state index contributed by atoms with van der Waals surface area (Å²) in [6, 6.07) is 7.37. The van der Waals surface area contributed by atoms with Crippen molar-refractivity contribution in [2.45, 2.75) is 18.3 Å². The molecule has 0 aliphatic heterocycles. The molecule has 3 rings (SSSR count). The van der Waals surface area contributed by atoms with Crippen LogP contribution in [-0.2, 0) is 10.2 Å². The van der Waals surface area contributed by atoms with Crippen molar-refractivity contribution in [2.24, 2.45) is 0 Å². The second-order valence-corrected chi connectivity index (χ2v) is 4.79. The normalized spacial score (nSPS) is 17.0. The maximum absolute atomic E-state index is 11.4. The summed E-state index contributed by atoms with van der Waals surface area (Å²) in [6.07, 6.45) is 2.94. The van der Waals surface area contributed by atoms with E-state index in [1.807, 2.05) is 18.2 Å². The zero-order valence-corrected chi connectivity index (χ0v) is 9.74. The molecule has 86 valence electrons. The molecule has 3 nitrogen and oxygen atoms in total. The monoisotopic (exact) mass is 247 g/mol. The molecule has 17 heavy (non-hydrogen) atoms. The smallest absolute Gasteiger partial charge is 0.314 e. The van der Waals surface area contributed by atoms with Crippen LogP contribution < -0.4 is 0 Å². The number of hydrogen-bond donors (Lipinski definition) is 1. The van der Waals surface area contributed by atoms with Gasteiger partial charge in [-0.25, -0.2) is 0 Å². The predicted molar refractivity (Wildman–Crippen MR) is 65.3 cm³/mol. The summed E-state index contributed by atoms with van der Waals surface area (Å²) in [6.45, 7) is 0. The highest BCUT2D eigenvalue weighted by molar-refractivity contribution is 6.33. The highest BCUT2D eigenvalue weighted by atomic mass is 35.5. The first-order valence-corrected chi connectivity index (χ1v) is 5.80. The molecule has 4 heteroatoms. The number of nitrogens with zero attached hydrogens (tertiary/aromatic N) is 1. The van der Waals surface area contributed by atoms with Crippen LogP contribution in [0.1, 0.15) is 18.4 Å². The van der Waals surface area contributed by atoms with E-state index in [9.17, 15) is 9.90 Å². The number of carboxylic acid groups (broad SMARTS) is 1. The van der Waals surface area contributed by atoms with Crippen molar-refractivity contribution in [3.63, 3.8) is 0 Å². The van der Waals surface area contributed by atoms with Crippen molar-refractivity contribution >= 4 is 28.5 Å². The molecule has 1 saturated carbocycles. The second kappa shape index (κ2) is 3.44. The summed E-state index contributed by atoms with van der Waals surface area (Å²) in [5.41, 5.74) is 0.565. The van der Waals surface area contributed by atoms with Gasteiger partial charge in [-0.15, -0.1) is 0 Å². The third-order valence-electron chi connectivity index (χ3n) is 3.36. The zero-order valence-electron chi connectivity index (χ0n) is 8.98. The number of carboxylic acids is 1. The van der Waals surface area contributed by atoms with Gasteiger partial charge in [-0.05, 0) is 25.0 Å². The van der Waals surface area contributed by atoms with Gasteiger partial charge < -0.3 is 5.11 Å². The maximum Gasteiger partial charge on any atom is 0.314 e. The lowest BCUT2D eigenvalue weighted by Crippen LogP contribution is -2.20. The van der Waals surface area contributed by atoms with Gasteiger partial charge in [0.2, 0.25) is 0 Å². The van der Waals surface area contributed by atoms with Gasteiger partial charge in [-0.3, -0.25) is 9.78 Å². The van der Waals surface area contributed by atoms with E-state index in [0.29, 0.717) is 28.9 Å². The third kappa shape index (κ3) is 1.42. The summed E-state index contributed by atoms with van der Waals surface area (Å²) >= 11 is 6.17. The Morgan fingerprint density at radius 2 is 2.12 bits per heavy atom. The van der Waals surface area contributed by atoms with E-state index in [0.717, 1.165) is 5.39 Å². The van der Waals surface area contributed by atoms with E-state index in [1.54, 1.807) is 12.3 Å². The average Bonchev–Trinajstić information content (AvgIpc) is 3.10. The van der Waals surface area contributed by atoms with Crippen LogP contribution in [0.15, 0.2) is 30.5 Å². The molecular weight excluding hydrogens is 238 g/mol. The van der Waals surface area contributed by atoms with E-state index in [4.69, 9.17) is 11.6 Å². The number of rotatable bonds is 2. The number of fused-ring (bicyclic) bond motifs is 1. The third-order valence-corrected chi connectivity index (χ3v) is 3.68. The van der Waals surface area contributed by atoms with Gasteiger partial charge in [0, 0.05) is 22.2 Å². The van der Waals surface area contributed by atoms with E-state index in [-0.39, 0.29) is 0 Å². The van der Waals surface area contributed by atoms with Crippen molar-refractivity contribution < 1.29 is 9.90 Å². The summed E-state index contributed by atoms with van der Waals surface area (Å²) in [5.74, 6) is -0.808. The maximum atomic E-state index is 11.4. The first-order valence-electron chi connectivity index (χ1n) is 5.42. The molecule has 1 aromatic carbocycles. The molecule has 1 heterocycles. The number of hydrogen-bond acceptors (Lipinski definition) is 2. The summed E-state index contributed by atoms with van der Waals surface area (Å²) in [7, 11) is 0. The average molecular weight is 248 g/mol. The Hall–Kier alpha value is -1.61. The number of pyridine rings is 1. The second-order valence-electron chi connectivity index (χ2n) is 4.38. The van der Waals surface area contributed by atoms with Gasteiger partial charge in [0.25, 0.3) is 0 Å². The molecule has 0 unspecified atom stereocenters. The van der Waals surface area contributed by atoms with Crippen LogP contribution in [0.25, 0.3) is 10.9 Å². The van der Waals surface area contributed by atoms with Gasteiger partial charge in [0.1, 0.15) is 0 Å². The molecule has 0 spiro atoms. The summed E-state index contributed by atoms with van der Waals surface area (Å²) < 4.78 is 0. The molecule has 1 aliphatic carbocycles. The Labute approximate surface area is 103 Å². The van der Waals surface area contributed by atoms with E-state index >= 15 is 0 Å². The molecule has 0 saturated heterocycles. The van der Waals surface area contributed by atoms with Crippen LogP contribution in [0, 0.1) is 0 Å². The van der Waals surface area contributed by atoms with Gasteiger partial charge in [0.05, 0.1) is 10.9 Å². The highest BCUT2D eigenvalue weighted by Crippen LogP contribution is 2.52. The first kappa shape index (κ1) is 10.5. The van der Waals surface area contributed by atoms with Crippen molar-refractivity contribution in [2.75, 3.05) is 0 Å². The zero-order chi connectivity index (χ0) is 12.0. The number of aliphatic carboxylic acids is 1. The van der Waals surface area contributed by atoms with Crippen molar-refractivity contribution in [3.8, 4) is 0 Å². The molecule has 0 bridgehead atoms. The predicted octanol–water partition coefficient (Wildman–Crippen LogP) is 3.00. The molecule has 0 radical (unpaired) electrons. The first-order chi connectivity index (χ1) is 8.15. The standard InChI is InChI=1S/C13H10ClNO2/c14-9-4-3-8-2-1-7-15-11(8)10(9)13(5-6-13)12(16)17/h1-4,7H,5-6H2,(H,16,17). The molecular formula is C13H10ClNO2. The van der Waals surface area contributed by atoms with Gasteiger partial charge in [-0.1, -0.05) is 23.7 Å². The fourth-order valence-corrected chi connectivity index (χ4v) is 2.60. The Morgan fingerprint density at radius 3 is 2.76 bits per heavy atom. The van der Waals surface area contributed by atoms with Crippen LogP contribution >= 0.6 is 11.6 Å². The quantitative estimate of drug-likeness (QED) is 0.888. The fraction of sp³-hybridized carbons (Fsp3) is 0.231. The molecule has 1 N–H and O–H groups in total. The molecule has 1 fully saturated rings.